The molecule has 24 heavy (non-hydrogen) atoms. The first kappa shape index (κ1) is 18.5. The minimum Gasteiger partial charge on any atom is -0.495 e. The molecule has 0 bridgehead atoms. The van der Waals surface area contributed by atoms with Gasteiger partial charge in [-0.05, 0) is 30.5 Å². The summed E-state index contributed by atoms with van der Waals surface area (Å²) in [6, 6.07) is 5.67. The van der Waals surface area contributed by atoms with Crippen LogP contribution in [0.4, 0.5) is 10.8 Å². The normalized spacial score (nSPS) is 10.7. The average molecular weight is 367 g/mol. The van der Waals surface area contributed by atoms with Gasteiger partial charge in [0, 0.05) is 6.54 Å². The van der Waals surface area contributed by atoms with Gasteiger partial charge in [0.05, 0.1) is 18.6 Å². The smallest absolute Gasteiger partial charge is 0.234 e. The molecule has 0 aliphatic rings. The van der Waals surface area contributed by atoms with E-state index >= 15 is 0 Å². The van der Waals surface area contributed by atoms with Crippen molar-refractivity contribution in [3.05, 3.63) is 23.8 Å². The summed E-state index contributed by atoms with van der Waals surface area (Å²) in [4.78, 5) is 12.1. The summed E-state index contributed by atoms with van der Waals surface area (Å²) < 4.78 is 6.03. The van der Waals surface area contributed by atoms with Gasteiger partial charge in [-0.25, -0.2) is 0 Å². The number of aromatic nitrogens is 2. The first-order valence-electron chi connectivity index (χ1n) is 7.62. The number of rotatable bonds is 8. The zero-order valence-corrected chi connectivity index (χ0v) is 15.9. The Bertz CT molecular complexity index is 688. The lowest BCUT2D eigenvalue weighted by Gasteiger charge is -2.10. The molecule has 1 heterocycles. The van der Waals surface area contributed by atoms with E-state index in [-0.39, 0.29) is 11.7 Å². The van der Waals surface area contributed by atoms with Crippen LogP contribution in [0.25, 0.3) is 0 Å². The van der Waals surface area contributed by atoms with Gasteiger partial charge in [0.25, 0.3) is 0 Å². The van der Waals surface area contributed by atoms with Crippen molar-refractivity contribution >= 4 is 39.8 Å². The summed E-state index contributed by atoms with van der Waals surface area (Å²) in [5, 5.41) is 15.0. The summed E-state index contributed by atoms with van der Waals surface area (Å²) in [6.07, 6.45) is 0. The van der Waals surface area contributed by atoms with Crippen LogP contribution in [0.15, 0.2) is 22.5 Å². The van der Waals surface area contributed by atoms with Gasteiger partial charge in [-0.15, -0.1) is 10.2 Å². The van der Waals surface area contributed by atoms with E-state index in [1.807, 2.05) is 25.1 Å². The van der Waals surface area contributed by atoms with Crippen molar-refractivity contribution in [2.24, 2.45) is 5.92 Å². The fourth-order valence-electron chi connectivity index (χ4n) is 1.86. The molecule has 0 saturated carbocycles. The number of nitrogens with one attached hydrogen (secondary N) is 2. The molecule has 0 fully saturated rings. The number of aryl methyl sites for hydroxylation is 1. The van der Waals surface area contributed by atoms with Crippen molar-refractivity contribution in [3.8, 4) is 5.75 Å². The van der Waals surface area contributed by atoms with Crippen molar-refractivity contribution < 1.29 is 9.53 Å². The standard InChI is InChI=1S/C16H22N4O2S2/c1-10(2)8-17-15-19-20-16(24-15)23-9-14(21)18-12-7-11(3)5-6-13(12)22-4/h5-7,10H,8-9H2,1-4H3,(H,17,19)(H,18,21). The highest BCUT2D eigenvalue weighted by Gasteiger charge is 2.11. The van der Waals surface area contributed by atoms with Gasteiger partial charge in [0.2, 0.25) is 11.0 Å². The first-order valence-corrected chi connectivity index (χ1v) is 9.42. The summed E-state index contributed by atoms with van der Waals surface area (Å²) >= 11 is 2.83. The molecule has 6 nitrogen and oxygen atoms in total. The SMILES string of the molecule is COc1ccc(C)cc1NC(=O)CSc1nnc(NCC(C)C)s1. The fourth-order valence-corrected chi connectivity index (χ4v) is 3.42. The second kappa shape index (κ2) is 8.89. The van der Waals surface area contributed by atoms with Gasteiger partial charge in [-0.2, -0.15) is 0 Å². The Balaban J connectivity index is 1.86. The molecule has 1 aromatic carbocycles. The molecule has 0 atom stereocenters. The zero-order chi connectivity index (χ0) is 17.5. The molecule has 0 spiro atoms. The molecule has 0 aliphatic carbocycles. The van der Waals surface area contributed by atoms with Crippen molar-refractivity contribution in [2.45, 2.75) is 25.1 Å². The second-order valence-electron chi connectivity index (χ2n) is 5.69. The molecule has 0 radical (unpaired) electrons. The van der Waals surface area contributed by atoms with Crippen LogP contribution in [0.3, 0.4) is 0 Å². The van der Waals surface area contributed by atoms with Crippen LogP contribution in [0.2, 0.25) is 0 Å². The quantitative estimate of drug-likeness (QED) is 0.695. The van der Waals surface area contributed by atoms with Crippen molar-refractivity contribution in [1.29, 1.82) is 0 Å². The maximum absolute atomic E-state index is 12.1. The molecule has 8 heteroatoms. The van der Waals surface area contributed by atoms with E-state index < -0.39 is 0 Å². The number of amides is 1. The van der Waals surface area contributed by atoms with Crippen LogP contribution < -0.4 is 15.4 Å². The number of methoxy groups -OCH3 is 1. The highest BCUT2D eigenvalue weighted by Crippen LogP contribution is 2.27. The number of nitrogens with zero attached hydrogens (tertiary/aromatic N) is 2. The van der Waals surface area contributed by atoms with Crippen LogP contribution in [0, 0.1) is 12.8 Å². The first-order chi connectivity index (χ1) is 11.5. The molecule has 2 aromatic rings. The third-order valence-corrected chi connectivity index (χ3v) is 5.04. The highest BCUT2D eigenvalue weighted by atomic mass is 32.2. The van der Waals surface area contributed by atoms with E-state index in [4.69, 9.17) is 4.74 Å². The summed E-state index contributed by atoms with van der Waals surface area (Å²) in [6.45, 7) is 7.09. The lowest BCUT2D eigenvalue weighted by Crippen LogP contribution is -2.14. The summed E-state index contributed by atoms with van der Waals surface area (Å²) in [5.41, 5.74) is 1.74. The van der Waals surface area contributed by atoms with Crippen molar-refractivity contribution in [1.82, 2.24) is 10.2 Å². The van der Waals surface area contributed by atoms with E-state index in [9.17, 15) is 4.79 Å². The van der Waals surface area contributed by atoms with Crippen molar-refractivity contribution in [3.63, 3.8) is 0 Å². The Kier molecular flexibility index (Phi) is 6.86. The summed E-state index contributed by atoms with van der Waals surface area (Å²) in [5.74, 6) is 1.36. The van der Waals surface area contributed by atoms with Crippen LogP contribution in [0.1, 0.15) is 19.4 Å². The number of hydrogen-bond acceptors (Lipinski definition) is 7. The van der Waals surface area contributed by atoms with E-state index in [0.29, 0.717) is 17.4 Å². The van der Waals surface area contributed by atoms with Gasteiger partial charge in [0.15, 0.2) is 4.34 Å². The number of carbonyl (C=O) groups is 1. The molecule has 0 saturated heterocycles. The molecule has 1 aromatic heterocycles. The topological polar surface area (TPSA) is 76.1 Å². The van der Waals surface area contributed by atoms with E-state index in [1.54, 1.807) is 7.11 Å². The Labute approximate surface area is 150 Å². The Morgan fingerprint density at radius 1 is 1.38 bits per heavy atom. The summed E-state index contributed by atoms with van der Waals surface area (Å²) in [7, 11) is 1.59. The number of benzene rings is 1. The number of hydrogen-bond donors (Lipinski definition) is 2. The Morgan fingerprint density at radius 2 is 2.17 bits per heavy atom. The molecule has 2 N–H and O–H groups in total. The number of carbonyl (C=O) groups excluding carboxylic acids is 1. The van der Waals surface area contributed by atoms with Gasteiger partial charge < -0.3 is 15.4 Å². The third-order valence-electron chi connectivity index (χ3n) is 3.02. The van der Waals surface area contributed by atoms with Crippen LogP contribution in [-0.2, 0) is 4.79 Å². The van der Waals surface area contributed by atoms with E-state index in [2.05, 4.69) is 34.7 Å². The maximum Gasteiger partial charge on any atom is 0.234 e. The lowest BCUT2D eigenvalue weighted by atomic mass is 10.2. The number of anilines is 2. The molecule has 1 amide bonds. The Hall–Kier alpha value is -1.80. The minimum absolute atomic E-state index is 0.101. The van der Waals surface area contributed by atoms with Gasteiger partial charge in [0.1, 0.15) is 5.75 Å². The predicted octanol–water partition coefficient (Wildman–Crippen LogP) is 3.65. The second-order valence-corrected chi connectivity index (χ2v) is 7.89. The Morgan fingerprint density at radius 3 is 2.88 bits per heavy atom. The fraction of sp³-hybridized carbons (Fsp3) is 0.438. The van der Waals surface area contributed by atoms with Crippen LogP contribution in [-0.4, -0.2) is 35.5 Å². The molecule has 0 aliphatic heterocycles. The van der Waals surface area contributed by atoms with Gasteiger partial charge in [-0.3, -0.25) is 4.79 Å². The monoisotopic (exact) mass is 366 g/mol. The highest BCUT2D eigenvalue weighted by molar-refractivity contribution is 8.01. The number of ether oxygens (including phenoxy) is 1. The molecule has 130 valence electrons. The zero-order valence-electron chi connectivity index (χ0n) is 14.3. The van der Waals surface area contributed by atoms with Crippen LogP contribution in [0.5, 0.6) is 5.75 Å². The molecular formula is C16H22N4O2S2. The lowest BCUT2D eigenvalue weighted by molar-refractivity contribution is -0.113. The minimum atomic E-state index is -0.101. The molecule has 2 rings (SSSR count). The predicted molar refractivity (Wildman–Crippen MR) is 100 cm³/mol. The third kappa shape index (κ3) is 5.68. The largest absolute Gasteiger partial charge is 0.495 e. The van der Waals surface area contributed by atoms with Crippen molar-refractivity contribution in [2.75, 3.05) is 30.0 Å². The van der Waals surface area contributed by atoms with E-state index in [0.717, 1.165) is 21.6 Å². The van der Waals surface area contributed by atoms with Gasteiger partial charge >= 0.3 is 0 Å². The number of thioether (sulfide) groups is 1. The van der Waals surface area contributed by atoms with Gasteiger partial charge in [-0.1, -0.05) is 43.0 Å². The molecular weight excluding hydrogens is 344 g/mol. The van der Waals surface area contributed by atoms with E-state index in [1.165, 1.54) is 23.1 Å². The maximum atomic E-state index is 12.1. The molecule has 0 unspecified atom stereocenters. The average Bonchev–Trinajstić information content (AvgIpc) is 2.99. The van der Waals surface area contributed by atoms with Crippen LogP contribution >= 0.6 is 23.1 Å².